The van der Waals surface area contributed by atoms with Crippen molar-refractivity contribution < 1.29 is 27.1 Å². The predicted molar refractivity (Wildman–Crippen MR) is 120 cm³/mol. The van der Waals surface area contributed by atoms with Crippen LogP contribution < -0.4 is 10.1 Å². The fourth-order valence-electron chi connectivity index (χ4n) is 3.33. The zero-order valence-electron chi connectivity index (χ0n) is 17.7. The lowest BCUT2D eigenvalue weighted by Crippen LogP contribution is -2.40. The molecule has 1 fully saturated rings. The van der Waals surface area contributed by atoms with Crippen LogP contribution in [0.5, 0.6) is 11.5 Å². The lowest BCUT2D eigenvalue weighted by Gasteiger charge is -2.26. The molecule has 3 aromatic carbocycles. The van der Waals surface area contributed by atoms with E-state index in [4.69, 9.17) is 9.47 Å². The first-order chi connectivity index (χ1) is 15.9. The summed E-state index contributed by atoms with van der Waals surface area (Å²) >= 11 is 0. The van der Waals surface area contributed by atoms with E-state index in [2.05, 4.69) is 5.32 Å². The fraction of sp³-hybridized carbons (Fsp3) is 0.208. The van der Waals surface area contributed by atoms with E-state index in [-0.39, 0.29) is 23.1 Å². The van der Waals surface area contributed by atoms with Crippen molar-refractivity contribution >= 4 is 15.9 Å². The average molecular weight is 471 g/mol. The first kappa shape index (κ1) is 22.9. The summed E-state index contributed by atoms with van der Waals surface area (Å²) in [6, 6.07) is 18.9. The molecule has 0 saturated carbocycles. The van der Waals surface area contributed by atoms with Gasteiger partial charge in [0.15, 0.2) is 11.6 Å². The predicted octanol–water partition coefficient (Wildman–Crippen LogP) is 3.57. The van der Waals surface area contributed by atoms with Gasteiger partial charge in [-0.15, -0.1) is 0 Å². The van der Waals surface area contributed by atoms with E-state index in [9.17, 15) is 17.6 Å². The molecule has 0 atom stereocenters. The summed E-state index contributed by atoms with van der Waals surface area (Å²) in [4.78, 5) is 12.6. The number of hydrogen-bond donors (Lipinski definition) is 1. The second kappa shape index (κ2) is 10.1. The molecule has 0 spiro atoms. The molecule has 4 rings (SSSR count). The molecular weight excluding hydrogens is 447 g/mol. The van der Waals surface area contributed by atoms with Gasteiger partial charge < -0.3 is 14.8 Å². The maximum atomic E-state index is 13.7. The Morgan fingerprint density at radius 1 is 0.970 bits per heavy atom. The van der Waals surface area contributed by atoms with Crippen molar-refractivity contribution in [1.82, 2.24) is 9.62 Å². The Balaban J connectivity index is 1.33. The van der Waals surface area contributed by atoms with E-state index in [1.807, 2.05) is 0 Å². The van der Waals surface area contributed by atoms with E-state index < -0.39 is 15.8 Å². The standard InChI is InChI=1S/C24H23FN2O5S/c25-22-3-1-2-4-23(22)32-20-9-5-18(6-10-20)17-26-24(28)19-7-11-21(12-8-19)33(29,30)27-13-15-31-16-14-27/h1-12H,13-17H2,(H,26,28). The van der Waals surface area contributed by atoms with E-state index >= 15 is 0 Å². The van der Waals surface area contributed by atoms with E-state index in [1.54, 1.807) is 42.5 Å². The Morgan fingerprint density at radius 2 is 1.64 bits per heavy atom. The number of para-hydroxylation sites is 1. The van der Waals surface area contributed by atoms with Gasteiger partial charge in [0.05, 0.1) is 18.1 Å². The van der Waals surface area contributed by atoms with E-state index in [0.29, 0.717) is 37.6 Å². The zero-order valence-corrected chi connectivity index (χ0v) is 18.6. The molecular formula is C24H23FN2O5S. The average Bonchev–Trinajstić information content (AvgIpc) is 2.85. The van der Waals surface area contributed by atoms with Crippen LogP contribution in [0.4, 0.5) is 4.39 Å². The van der Waals surface area contributed by atoms with Crippen molar-refractivity contribution in [2.24, 2.45) is 0 Å². The summed E-state index contributed by atoms with van der Waals surface area (Å²) in [6.45, 7) is 1.64. The minimum absolute atomic E-state index is 0.137. The van der Waals surface area contributed by atoms with Crippen molar-refractivity contribution in [3.63, 3.8) is 0 Å². The van der Waals surface area contributed by atoms with Crippen LogP contribution in [0, 0.1) is 5.82 Å². The van der Waals surface area contributed by atoms with Crippen molar-refractivity contribution in [3.8, 4) is 11.5 Å². The largest absolute Gasteiger partial charge is 0.454 e. The Bertz CT molecular complexity index is 1210. The molecule has 1 aliphatic heterocycles. The van der Waals surface area contributed by atoms with Gasteiger partial charge >= 0.3 is 0 Å². The van der Waals surface area contributed by atoms with Gasteiger partial charge in [-0.2, -0.15) is 4.31 Å². The number of halogens is 1. The molecule has 0 aliphatic carbocycles. The summed E-state index contributed by atoms with van der Waals surface area (Å²) in [5, 5.41) is 2.80. The molecule has 1 aliphatic rings. The molecule has 7 nitrogen and oxygen atoms in total. The third kappa shape index (κ3) is 5.57. The SMILES string of the molecule is O=C(NCc1ccc(Oc2ccccc2F)cc1)c1ccc(S(=O)(=O)N2CCOCC2)cc1. The number of benzene rings is 3. The van der Waals surface area contributed by atoms with Gasteiger partial charge in [-0.25, -0.2) is 12.8 Å². The van der Waals surface area contributed by atoms with Gasteiger partial charge in [-0.1, -0.05) is 24.3 Å². The number of amides is 1. The van der Waals surface area contributed by atoms with Gasteiger partial charge in [-0.3, -0.25) is 4.79 Å². The summed E-state index contributed by atoms with van der Waals surface area (Å²) in [6.07, 6.45) is 0. The molecule has 0 unspecified atom stereocenters. The Hall–Kier alpha value is -3.27. The zero-order chi connectivity index (χ0) is 23.3. The van der Waals surface area contributed by atoms with Crippen LogP contribution in [0.3, 0.4) is 0 Å². The van der Waals surface area contributed by atoms with Crippen molar-refractivity contribution in [2.75, 3.05) is 26.3 Å². The van der Waals surface area contributed by atoms with Crippen LogP contribution >= 0.6 is 0 Å². The third-order valence-electron chi connectivity index (χ3n) is 5.17. The van der Waals surface area contributed by atoms with E-state index in [1.165, 1.54) is 34.6 Å². The first-order valence-electron chi connectivity index (χ1n) is 10.4. The van der Waals surface area contributed by atoms with Crippen molar-refractivity contribution in [1.29, 1.82) is 0 Å². The third-order valence-corrected chi connectivity index (χ3v) is 7.08. The highest BCUT2D eigenvalue weighted by molar-refractivity contribution is 7.89. The number of carbonyl (C=O) groups is 1. The molecule has 1 saturated heterocycles. The number of hydrogen-bond acceptors (Lipinski definition) is 5. The van der Waals surface area contributed by atoms with Gasteiger partial charge in [0.25, 0.3) is 5.91 Å². The molecule has 1 heterocycles. The normalized spacial score (nSPS) is 14.6. The van der Waals surface area contributed by atoms with Gasteiger partial charge in [-0.05, 0) is 54.1 Å². The second-order valence-corrected chi connectivity index (χ2v) is 9.34. The second-order valence-electron chi connectivity index (χ2n) is 7.40. The molecule has 172 valence electrons. The molecule has 33 heavy (non-hydrogen) atoms. The number of nitrogens with one attached hydrogen (secondary N) is 1. The first-order valence-corrected chi connectivity index (χ1v) is 11.8. The number of ether oxygens (including phenoxy) is 2. The van der Waals surface area contributed by atoms with Crippen LogP contribution in [-0.4, -0.2) is 44.9 Å². The number of rotatable bonds is 7. The van der Waals surface area contributed by atoms with Gasteiger partial charge in [0.1, 0.15) is 5.75 Å². The van der Waals surface area contributed by atoms with Gasteiger partial charge in [0.2, 0.25) is 10.0 Å². The molecule has 9 heteroatoms. The minimum atomic E-state index is -3.60. The molecule has 0 radical (unpaired) electrons. The highest BCUT2D eigenvalue weighted by Gasteiger charge is 2.26. The quantitative estimate of drug-likeness (QED) is 0.571. The Labute approximate surface area is 191 Å². The topological polar surface area (TPSA) is 84.9 Å². The lowest BCUT2D eigenvalue weighted by molar-refractivity contribution is 0.0730. The summed E-state index contributed by atoms with van der Waals surface area (Å²) in [5.41, 5.74) is 1.19. The maximum absolute atomic E-state index is 13.7. The molecule has 0 bridgehead atoms. The monoisotopic (exact) mass is 470 g/mol. The molecule has 0 aromatic heterocycles. The lowest BCUT2D eigenvalue weighted by atomic mass is 10.2. The van der Waals surface area contributed by atoms with Gasteiger partial charge in [0, 0.05) is 25.2 Å². The maximum Gasteiger partial charge on any atom is 0.251 e. The summed E-state index contributed by atoms with van der Waals surface area (Å²) < 4.78 is 51.2. The fourth-order valence-corrected chi connectivity index (χ4v) is 4.74. The van der Waals surface area contributed by atoms with Crippen molar-refractivity contribution in [2.45, 2.75) is 11.4 Å². The van der Waals surface area contributed by atoms with E-state index in [0.717, 1.165) is 5.56 Å². The number of carbonyl (C=O) groups excluding carboxylic acids is 1. The molecule has 1 amide bonds. The molecule has 1 N–H and O–H groups in total. The summed E-state index contributed by atoms with van der Waals surface area (Å²) in [5.74, 6) is -0.153. The Morgan fingerprint density at radius 3 is 2.30 bits per heavy atom. The minimum Gasteiger partial charge on any atom is -0.454 e. The smallest absolute Gasteiger partial charge is 0.251 e. The van der Waals surface area contributed by atoms with Crippen LogP contribution in [0.25, 0.3) is 0 Å². The molecule has 3 aromatic rings. The summed E-state index contributed by atoms with van der Waals surface area (Å²) in [7, 11) is -3.60. The van der Waals surface area contributed by atoms with Crippen LogP contribution in [-0.2, 0) is 21.3 Å². The van der Waals surface area contributed by atoms with Crippen molar-refractivity contribution in [3.05, 3.63) is 89.7 Å². The number of sulfonamides is 1. The highest BCUT2D eigenvalue weighted by atomic mass is 32.2. The number of nitrogens with zero attached hydrogens (tertiary/aromatic N) is 1. The Kier molecular flexibility index (Phi) is 7.02. The highest BCUT2D eigenvalue weighted by Crippen LogP contribution is 2.24. The van der Waals surface area contributed by atoms with Crippen LogP contribution in [0.15, 0.2) is 77.7 Å². The number of morpholine rings is 1. The van der Waals surface area contributed by atoms with Crippen LogP contribution in [0.1, 0.15) is 15.9 Å². The van der Waals surface area contributed by atoms with Crippen LogP contribution in [0.2, 0.25) is 0 Å².